The highest BCUT2D eigenvalue weighted by Crippen LogP contribution is 2.30. The molecule has 1 saturated heterocycles. The number of benzene rings is 1. The summed E-state index contributed by atoms with van der Waals surface area (Å²) in [6.07, 6.45) is 0. The highest BCUT2D eigenvalue weighted by Gasteiger charge is 2.50. The van der Waals surface area contributed by atoms with E-state index in [2.05, 4.69) is 10.9 Å². The van der Waals surface area contributed by atoms with Gasteiger partial charge in [0.2, 0.25) is 0 Å². The van der Waals surface area contributed by atoms with E-state index in [-0.39, 0.29) is 17.9 Å². The third-order valence-electron chi connectivity index (χ3n) is 3.54. The first-order valence-corrected chi connectivity index (χ1v) is 6.92. The van der Waals surface area contributed by atoms with Crippen molar-refractivity contribution < 1.29 is 19.1 Å². The molecule has 0 aliphatic carbocycles. The van der Waals surface area contributed by atoms with Crippen LogP contribution in [0.15, 0.2) is 35.5 Å². The second-order valence-corrected chi connectivity index (χ2v) is 5.03. The maximum atomic E-state index is 12.6. The van der Waals surface area contributed by atoms with E-state index in [0.29, 0.717) is 5.69 Å². The molecule has 0 spiro atoms. The Morgan fingerprint density at radius 1 is 1.36 bits per heavy atom. The number of hydrogen-bond donors (Lipinski definition) is 2. The van der Waals surface area contributed by atoms with Gasteiger partial charge < -0.3 is 10.2 Å². The average molecular weight is 301 g/mol. The monoisotopic (exact) mass is 301 g/mol. The number of aryl methyl sites for hydroxylation is 1. The molecule has 2 amide bonds. The molecule has 0 aromatic heterocycles. The smallest absolute Gasteiger partial charge is 0.356 e. The fourth-order valence-corrected chi connectivity index (χ4v) is 2.57. The molecular weight excluding hydrogens is 286 g/mol. The zero-order chi connectivity index (χ0) is 15.9. The zero-order valence-electron chi connectivity index (χ0n) is 12.2. The van der Waals surface area contributed by atoms with E-state index in [9.17, 15) is 14.4 Å². The zero-order valence-corrected chi connectivity index (χ0v) is 12.2. The molecule has 114 valence electrons. The molecular formula is C15H15N3O4. The number of ether oxygens (including phenoxy) is 1. The number of hydrogen-bond acceptors (Lipinski definition) is 6. The van der Waals surface area contributed by atoms with Gasteiger partial charge in [0.1, 0.15) is 11.7 Å². The number of esters is 1. The Hall–Kier alpha value is -2.67. The summed E-state index contributed by atoms with van der Waals surface area (Å²) < 4.78 is 4.90. The Labute approximate surface area is 126 Å². The summed E-state index contributed by atoms with van der Waals surface area (Å²) in [4.78, 5) is 38.0. The summed E-state index contributed by atoms with van der Waals surface area (Å²) in [5.74, 6) is -1.58. The topological polar surface area (TPSA) is 87.7 Å². The lowest BCUT2D eigenvalue weighted by Crippen LogP contribution is -2.42. The molecule has 1 atom stereocenters. The van der Waals surface area contributed by atoms with E-state index in [4.69, 9.17) is 4.74 Å². The highest BCUT2D eigenvalue weighted by atomic mass is 16.5. The van der Waals surface area contributed by atoms with Crippen LogP contribution in [-0.2, 0) is 19.1 Å². The Morgan fingerprint density at radius 3 is 2.82 bits per heavy atom. The number of fused-ring (bicyclic) bond motifs is 1. The van der Waals surface area contributed by atoms with Crippen molar-refractivity contribution in [3.8, 4) is 0 Å². The van der Waals surface area contributed by atoms with Crippen molar-refractivity contribution >= 4 is 23.5 Å². The molecule has 7 heteroatoms. The molecule has 2 aliphatic rings. The molecule has 1 aromatic rings. The van der Waals surface area contributed by atoms with Crippen molar-refractivity contribution in [3.63, 3.8) is 0 Å². The van der Waals surface area contributed by atoms with Crippen LogP contribution in [0.1, 0.15) is 12.5 Å². The number of nitrogens with zero attached hydrogens (tertiary/aromatic N) is 1. The van der Waals surface area contributed by atoms with Gasteiger partial charge in [0.15, 0.2) is 0 Å². The van der Waals surface area contributed by atoms with E-state index in [1.54, 1.807) is 25.1 Å². The summed E-state index contributed by atoms with van der Waals surface area (Å²) in [6.45, 7) is 3.73. The normalized spacial score (nSPS) is 20.3. The molecule has 22 heavy (non-hydrogen) atoms. The Morgan fingerprint density at radius 2 is 2.14 bits per heavy atom. The van der Waals surface area contributed by atoms with E-state index >= 15 is 0 Å². The first-order chi connectivity index (χ1) is 10.5. The van der Waals surface area contributed by atoms with Crippen LogP contribution in [0.5, 0.6) is 0 Å². The molecule has 2 aliphatic heterocycles. The Balaban J connectivity index is 2.01. The number of imide groups is 1. The number of nitrogens with one attached hydrogen (secondary N) is 2. The second kappa shape index (κ2) is 5.27. The predicted octanol–water partition coefficient (Wildman–Crippen LogP) is 0.162. The van der Waals surface area contributed by atoms with Crippen LogP contribution in [0.3, 0.4) is 0 Å². The van der Waals surface area contributed by atoms with Crippen LogP contribution >= 0.6 is 0 Å². The molecule has 7 nitrogen and oxygen atoms in total. The van der Waals surface area contributed by atoms with Gasteiger partial charge in [-0.25, -0.2) is 15.1 Å². The van der Waals surface area contributed by atoms with Crippen LogP contribution in [0, 0.1) is 6.92 Å². The summed E-state index contributed by atoms with van der Waals surface area (Å²) in [5, 5.41) is 0. The minimum absolute atomic E-state index is 0.000327. The third-order valence-corrected chi connectivity index (χ3v) is 3.54. The van der Waals surface area contributed by atoms with Crippen molar-refractivity contribution in [3.05, 3.63) is 41.1 Å². The van der Waals surface area contributed by atoms with Gasteiger partial charge in [-0.3, -0.25) is 9.59 Å². The lowest BCUT2D eigenvalue weighted by atomic mass is 10.1. The van der Waals surface area contributed by atoms with Gasteiger partial charge in [-0.05, 0) is 31.5 Å². The quantitative estimate of drug-likeness (QED) is 0.611. The standard InChI is InChI=1S/C15H15N3O4/c1-3-22-15(21)12-10-11(16-17-12)14(20)18(13(10)19)9-6-4-5-8(2)7-9/h4-7,11,16-17H,3H2,1-2H3. The van der Waals surface area contributed by atoms with E-state index in [1.807, 2.05) is 13.0 Å². The minimum atomic E-state index is -0.868. The third kappa shape index (κ3) is 2.06. The summed E-state index contributed by atoms with van der Waals surface area (Å²) in [6, 6.07) is 6.20. The lowest BCUT2D eigenvalue weighted by molar-refractivity contribution is -0.139. The first-order valence-electron chi connectivity index (χ1n) is 6.92. The molecule has 0 saturated carbocycles. The van der Waals surface area contributed by atoms with Gasteiger partial charge in [0, 0.05) is 0 Å². The molecule has 2 N–H and O–H groups in total. The average Bonchev–Trinajstić information content (AvgIpc) is 3.01. The van der Waals surface area contributed by atoms with Gasteiger partial charge in [0.25, 0.3) is 11.8 Å². The second-order valence-electron chi connectivity index (χ2n) is 5.03. The number of carbonyl (C=O) groups is 3. The molecule has 1 aromatic carbocycles. The van der Waals surface area contributed by atoms with Crippen LogP contribution in [-0.4, -0.2) is 30.4 Å². The number of rotatable bonds is 3. The van der Waals surface area contributed by atoms with Crippen molar-refractivity contribution in [2.75, 3.05) is 11.5 Å². The molecule has 1 fully saturated rings. The SMILES string of the molecule is CCOC(=O)C1=C2C(=O)N(c3cccc(C)c3)C(=O)C2NN1. The fourth-order valence-electron chi connectivity index (χ4n) is 2.57. The van der Waals surface area contributed by atoms with Crippen molar-refractivity contribution in [1.29, 1.82) is 0 Å². The fraction of sp³-hybridized carbons (Fsp3) is 0.267. The first kappa shape index (κ1) is 14.3. The van der Waals surface area contributed by atoms with E-state index < -0.39 is 23.8 Å². The van der Waals surface area contributed by atoms with Gasteiger partial charge in [-0.2, -0.15) is 0 Å². The Bertz CT molecular complexity index is 710. The van der Waals surface area contributed by atoms with Gasteiger partial charge >= 0.3 is 5.97 Å². The number of hydrazine groups is 1. The van der Waals surface area contributed by atoms with E-state index in [0.717, 1.165) is 10.5 Å². The van der Waals surface area contributed by atoms with Crippen LogP contribution in [0.4, 0.5) is 5.69 Å². The van der Waals surface area contributed by atoms with Crippen LogP contribution in [0.2, 0.25) is 0 Å². The van der Waals surface area contributed by atoms with Crippen molar-refractivity contribution in [2.45, 2.75) is 19.9 Å². The predicted molar refractivity (Wildman–Crippen MR) is 77.4 cm³/mol. The maximum Gasteiger partial charge on any atom is 0.356 e. The molecule has 1 unspecified atom stereocenters. The van der Waals surface area contributed by atoms with Gasteiger partial charge in [-0.1, -0.05) is 12.1 Å². The maximum absolute atomic E-state index is 12.6. The van der Waals surface area contributed by atoms with Gasteiger partial charge in [0.05, 0.1) is 17.9 Å². The van der Waals surface area contributed by atoms with Gasteiger partial charge in [-0.15, -0.1) is 0 Å². The van der Waals surface area contributed by atoms with Crippen LogP contribution < -0.4 is 15.8 Å². The molecule has 0 bridgehead atoms. The lowest BCUT2D eigenvalue weighted by Gasteiger charge is -2.16. The molecule has 3 rings (SSSR count). The Kier molecular flexibility index (Phi) is 3.42. The van der Waals surface area contributed by atoms with Crippen molar-refractivity contribution in [1.82, 2.24) is 10.9 Å². The van der Waals surface area contributed by atoms with E-state index in [1.165, 1.54) is 0 Å². The number of anilines is 1. The van der Waals surface area contributed by atoms with Crippen molar-refractivity contribution in [2.24, 2.45) is 0 Å². The largest absolute Gasteiger partial charge is 0.461 e. The summed E-state index contributed by atoms with van der Waals surface area (Å²) in [7, 11) is 0. The summed E-state index contributed by atoms with van der Waals surface area (Å²) >= 11 is 0. The molecule has 0 radical (unpaired) electrons. The summed E-state index contributed by atoms with van der Waals surface area (Å²) in [5.41, 5.74) is 6.76. The number of amides is 2. The number of carbonyl (C=O) groups excluding carboxylic acids is 3. The van der Waals surface area contributed by atoms with Crippen LogP contribution in [0.25, 0.3) is 0 Å². The molecule has 2 heterocycles. The highest BCUT2D eigenvalue weighted by molar-refractivity contribution is 6.32. The minimum Gasteiger partial charge on any atom is -0.461 e.